The monoisotopic (exact) mass is 970 g/mol. The van der Waals surface area contributed by atoms with Crippen molar-refractivity contribution >= 4 is 45.9 Å². The van der Waals surface area contributed by atoms with Crippen molar-refractivity contribution in [2.24, 2.45) is 0 Å². The average molecular weight is 971 g/mol. The molecule has 0 aliphatic carbocycles. The largest absolute Gasteiger partial charge is 1.00 e. The van der Waals surface area contributed by atoms with Crippen LogP contribution >= 0.6 is 0 Å². The van der Waals surface area contributed by atoms with Crippen LogP contribution in [0.15, 0.2) is 73.6 Å². The number of piperazine rings is 2. The third-order valence-corrected chi connectivity index (χ3v) is 13.6. The van der Waals surface area contributed by atoms with E-state index >= 15 is 0 Å². The first kappa shape index (κ1) is 57.3. The van der Waals surface area contributed by atoms with Crippen molar-refractivity contribution in [1.82, 2.24) is 38.5 Å². The fraction of sp³-hybridized carbons (Fsp3) is 0.513. The van der Waals surface area contributed by atoms with Crippen LogP contribution in [-0.2, 0) is 50.0 Å². The molecule has 0 aromatic carbocycles. The van der Waals surface area contributed by atoms with Crippen LogP contribution in [0.4, 0.5) is 38.0 Å². The quantitative estimate of drug-likeness (QED) is 0.125. The summed E-state index contributed by atoms with van der Waals surface area (Å²) in [6.07, 6.45) is 0.596. The molecule has 1 N–H and O–H groups in total. The van der Waals surface area contributed by atoms with Crippen molar-refractivity contribution in [2.45, 2.75) is 64.4 Å². The molecule has 4 aromatic heterocycles. The molecule has 3 radical (unpaired) electrons. The number of anilines is 2. The van der Waals surface area contributed by atoms with Gasteiger partial charge in [0.05, 0.1) is 23.0 Å². The molecule has 1 unspecified atom stereocenters. The zero-order chi connectivity index (χ0) is 45.0. The Balaban J connectivity index is 0.00000121. The van der Waals surface area contributed by atoms with Gasteiger partial charge in [0.2, 0.25) is 20.0 Å². The van der Waals surface area contributed by atoms with Gasteiger partial charge < -0.3 is 16.3 Å². The molecule has 1 atom stereocenters. The molecular weight excluding hydrogens is 916 g/mol. The zero-order valence-electron chi connectivity index (χ0n) is 35.9. The van der Waals surface area contributed by atoms with Crippen molar-refractivity contribution < 1.29 is 85.5 Å². The predicted octanol–water partition coefficient (Wildman–Crippen LogP) is 1.28. The number of hydrogen-bond donors (Lipinski definition) is 1. The van der Waals surface area contributed by atoms with E-state index in [4.69, 9.17) is 0 Å². The van der Waals surface area contributed by atoms with E-state index in [9.17, 15) is 53.1 Å². The Morgan fingerprint density at radius 1 is 0.662 bits per heavy atom. The number of hydrogen-bond acceptors (Lipinski definition) is 14. The second-order valence-corrected chi connectivity index (χ2v) is 18.4. The van der Waals surface area contributed by atoms with Crippen LogP contribution in [0.25, 0.3) is 0 Å². The zero-order valence-corrected chi connectivity index (χ0v) is 38.6. The number of alkyl halides is 6. The Morgan fingerprint density at radius 3 is 1.45 bits per heavy atom. The van der Waals surface area contributed by atoms with Gasteiger partial charge in [-0.2, -0.15) is 35.0 Å². The van der Waals surface area contributed by atoms with Crippen LogP contribution in [-0.4, -0.2) is 145 Å². The van der Waals surface area contributed by atoms with Crippen molar-refractivity contribution in [3.63, 3.8) is 0 Å². The third kappa shape index (κ3) is 18.1. The molecular formula is C39H53BF6N10NaO6S2. The van der Waals surface area contributed by atoms with E-state index < -0.39 is 55.4 Å². The van der Waals surface area contributed by atoms with Gasteiger partial charge in [-0.05, 0) is 55.7 Å². The fourth-order valence-electron chi connectivity index (χ4n) is 6.53. The smallest absolute Gasteiger partial charge is 1.00 e. The Labute approximate surface area is 402 Å². The summed E-state index contributed by atoms with van der Waals surface area (Å²) in [4.78, 5) is 39.6. The van der Waals surface area contributed by atoms with Crippen molar-refractivity contribution in [2.75, 3.05) is 73.7 Å². The van der Waals surface area contributed by atoms with Gasteiger partial charge in [-0.3, -0.25) is 4.79 Å². The third-order valence-electron chi connectivity index (χ3n) is 9.84. The maximum atomic E-state index is 12.7. The number of halogens is 6. The summed E-state index contributed by atoms with van der Waals surface area (Å²) in [5.41, 5.74) is -1.67. The Kier molecular flexibility index (Phi) is 22.8. The molecule has 16 nitrogen and oxygen atoms in total. The fourth-order valence-corrected chi connectivity index (χ4v) is 9.57. The number of aliphatic hydroxyl groups excluding tert-OH is 1. The number of sulfonamides is 2. The number of carbonyl (C=O) groups is 1. The first-order chi connectivity index (χ1) is 29.3. The Hall–Kier alpha value is -3.85. The van der Waals surface area contributed by atoms with E-state index in [1.807, 2.05) is 0 Å². The van der Waals surface area contributed by atoms with Gasteiger partial charge in [0, 0.05) is 119 Å². The number of nitrogens with zero attached hydrogens (tertiary/aromatic N) is 10. The molecule has 0 spiro atoms. The number of Topliss-reactive ketones (excluding diaryl/α,β-unsaturated/α-hetero) is 1. The van der Waals surface area contributed by atoms with Gasteiger partial charge in [-0.25, -0.2) is 46.7 Å². The first-order valence-corrected chi connectivity index (χ1v) is 22.8. The van der Waals surface area contributed by atoms with Gasteiger partial charge >= 0.3 is 41.9 Å². The van der Waals surface area contributed by atoms with Crippen LogP contribution < -0.4 is 39.4 Å². The number of rotatable bonds is 16. The van der Waals surface area contributed by atoms with E-state index in [1.54, 1.807) is 46.7 Å². The predicted molar refractivity (Wildman–Crippen MR) is 230 cm³/mol. The Morgan fingerprint density at radius 2 is 1.06 bits per heavy atom. The molecule has 65 heavy (non-hydrogen) atoms. The van der Waals surface area contributed by atoms with Crippen LogP contribution in [0.2, 0.25) is 0 Å². The molecule has 0 bridgehead atoms. The van der Waals surface area contributed by atoms with E-state index in [1.165, 1.54) is 20.7 Å². The number of aromatic nitrogens is 6. The van der Waals surface area contributed by atoms with Crippen LogP contribution in [0.1, 0.15) is 58.7 Å². The van der Waals surface area contributed by atoms with Crippen LogP contribution in [0, 0.1) is 0 Å². The molecule has 0 saturated carbocycles. The van der Waals surface area contributed by atoms with Crippen molar-refractivity contribution in [3.8, 4) is 0 Å². The van der Waals surface area contributed by atoms with Gasteiger partial charge in [-0.15, -0.1) is 0 Å². The summed E-state index contributed by atoms with van der Waals surface area (Å²) >= 11 is 0. The van der Waals surface area contributed by atoms with Crippen molar-refractivity contribution in [1.29, 1.82) is 0 Å². The maximum Gasteiger partial charge on any atom is 1.00 e. The SMILES string of the molecule is C.O=C(CCCc1ncccn1)CS(=O)(=O)N1CCN(c2ccc(C(F)(F)F)cn2)CC1.O=S(=O)(CC(O)CCCc1ncccn1)N1CCN(c2ccc(C(F)(F)F)cn2)CC1.[2HH].[B].[H-].[Na+]. The molecule has 4 aromatic rings. The molecule has 2 saturated heterocycles. The van der Waals surface area contributed by atoms with Crippen molar-refractivity contribution in [3.05, 3.63) is 96.4 Å². The molecule has 6 heterocycles. The number of aryl methyl sites for hydroxylation is 2. The summed E-state index contributed by atoms with van der Waals surface area (Å²) in [6, 6.07) is 7.86. The second kappa shape index (κ2) is 25.9. The summed E-state index contributed by atoms with van der Waals surface area (Å²) in [6.45, 7) is 1.78. The molecule has 26 heteroatoms. The van der Waals surface area contributed by atoms with Gasteiger partial charge in [0.1, 0.15) is 34.8 Å². The topological polar surface area (TPSA) is 196 Å². The molecule has 2 aliphatic heterocycles. The maximum absolute atomic E-state index is 12.7. The van der Waals surface area contributed by atoms with E-state index in [0.29, 0.717) is 68.5 Å². The van der Waals surface area contributed by atoms with Gasteiger partial charge in [0.25, 0.3) is 0 Å². The van der Waals surface area contributed by atoms with E-state index in [-0.39, 0.29) is 105 Å². The average Bonchev–Trinajstić information content (AvgIpc) is 3.24. The molecule has 0 amide bonds. The van der Waals surface area contributed by atoms with Crippen LogP contribution in [0.3, 0.4) is 0 Å². The molecule has 2 fully saturated rings. The summed E-state index contributed by atoms with van der Waals surface area (Å²) in [7, 11) is -7.41. The van der Waals surface area contributed by atoms with Gasteiger partial charge in [-0.1, -0.05) is 7.43 Å². The molecule has 6 rings (SSSR count). The number of pyridine rings is 2. The van der Waals surface area contributed by atoms with Gasteiger partial charge in [0.15, 0.2) is 0 Å². The number of aliphatic hydroxyl groups is 1. The standard InChI is InChI=1S/C19H24F3N5O3S.C19H22F3N5O3S.CH4.B.Na.H2.H/c2*20-19(21,22)15-5-6-18(25-13-15)26-9-11-27(12-10-26)31(29,30)14-16(28)3-1-4-17-23-7-2-8-24-17;;;;;/h2,5-8,13,16,28H,1,3-4,9-12,14H2;2,5-8,13H,1,3-4,9-12,14H2;1H4;;;1H;/q;;;;+1;;-1/i;;;;;1+1;. The first-order valence-electron chi connectivity index (χ1n) is 19.5. The summed E-state index contributed by atoms with van der Waals surface area (Å²) in [5, 5.41) is 10.2. The normalized spacial score (nSPS) is 15.6. The minimum absolute atomic E-state index is 0. The second-order valence-electron chi connectivity index (χ2n) is 14.4. The minimum Gasteiger partial charge on any atom is -1.00 e. The molecule has 353 valence electrons. The molecule has 2 aliphatic rings. The number of ketones is 1. The summed E-state index contributed by atoms with van der Waals surface area (Å²) in [5.74, 6) is 0.652. The van der Waals surface area contributed by atoms with E-state index in [0.717, 1.165) is 24.5 Å². The van der Waals surface area contributed by atoms with E-state index in [2.05, 4.69) is 29.9 Å². The number of carbonyl (C=O) groups excluding carboxylic acids is 1. The Bertz CT molecular complexity index is 2260. The van der Waals surface area contributed by atoms with Crippen LogP contribution in [0.5, 0.6) is 0 Å². The minimum atomic E-state index is -4.46. The summed E-state index contributed by atoms with van der Waals surface area (Å²) < 4.78 is 129.